The molecule has 0 bridgehead atoms. The second-order valence-corrected chi connectivity index (χ2v) is 5.42. The Hall–Kier alpha value is -2.43. The minimum Gasteiger partial charge on any atom is -0.352 e. The highest BCUT2D eigenvalue weighted by atomic mass is 16.2. The maximum atomic E-state index is 12.7. The second-order valence-electron chi connectivity index (χ2n) is 5.42. The number of rotatable bonds is 5. The maximum absolute atomic E-state index is 12.7. The molecular weight excluding hydrogens is 278 g/mol. The fraction of sp³-hybridized carbons (Fsp3) is 0.353. The fourth-order valence-electron chi connectivity index (χ4n) is 2.32. The number of pyridine rings is 1. The summed E-state index contributed by atoms with van der Waals surface area (Å²) in [6, 6.07) is 9.27. The molecule has 0 saturated carbocycles. The number of fused-ring (bicyclic) bond motifs is 1. The number of hydrogen-bond donors (Lipinski definition) is 1. The maximum Gasteiger partial charge on any atom is 0.255 e. The lowest BCUT2D eigenvalue weighted by molar-refractivity contribution is -0.122. The van der Waals surface area contributed by atoms with Gasteiger partial charge in [0.05, 0.1) is 17.6 Å². The summed E-state index contributed by atoms with van der Waals surface area (Å²) in [5, 5.41) is 3.61. The van der Waals surface area contributed by atoms with Crippen molar-refractivity contribution in [3.63, 3.8) is 0 Å². The van der Waals surface area contributed by atoms with Crippen LogP contribution in [0.3, 0.4) is 0 Å². The molecular formula is C17H21N3O2. The first kappa shape index (κ1) is 15.9. The largest absolute Gasteiger partial charge is 0.352 e. The predicted octanol–water partition coefficient (Wildman–Crippen LogP) is 2.22. The predicted molar refractivity (Wildman–Crippen MR) is 86.6 cm³/mol. The zero-order chi connectivity index (χ0) is 16.1. The lowest BCUT2D eigenvalue weighted by Gasteiger charge is -2.21. The molecule has 5 heteroatoms. The molecule has 1 N–H and O–H groups in total. The van der Waals surface area contributed by atoms with Crippen molar-refractivity contribution in [1.82, 2.24) is 15.2 Å². The van der Waals surface area contributed by atoms with Gasteiger partial charge in [0.2, 0.25) is 5.91 Å². The van der Waals surface area contributed by atoms with E-state index in [9.17, 15) is 9.59 Å². The van der Waals surface area contributed by atoms with Gasteiger partial charge in [0.1, 0.15) is 0 Å². The van der Waals surface area contributed by atoms with Crippen LogP contribution in [0, 0.1) is 0 Å². The molecule has 22 heavy (non-hydrogen) atoms. The molecule has 0 saturated heterocycles. The fourth-order valence-corrected chi connectivity index (χ4v) is 2.32. The van der Waals surface area contributed by atoms with Crippen LogP contribution in [-0.2, 0) is 4.79 Å². The third-order valence-corrected chi connectivity index (χ3v) is 3.33. The highest BCUT2D eigenvalue weighted by Crippen LogP contribution is 2.17. The number of carbonyl (C=O) groups excluding carboxylic acids is 2. The molecule has 0 aliphatic rings. The molecule has 0 fully saturated rings. The Kier molecular flexibility index (Phi) is 5.09. The Labute approximate surface area is 130 Å². The normalized spacial score (nSPS) is 10.7. The second kappa shape index (κ2) is 7.02. The van der Waals surface area contributed by atoms with Gasteiger partial charge in [-0.2, -0.15) is 0 Å². The number of para-hydroxylation sites is 1. The van der Waals surface area contributed by atoms with Gasteiger partial charge < -0.3 is 10.2 Å². The Morgan fingerprint density at radius 3 is 2.64 bits per heavy atom. The van der Waals surface area contributed by atoms with Gasteiger partial charge >= 0.3 is 0 Å². The Bertz CT molecular complexity index is 677. The van der Waals surface area contributed by atoms with Crippen molar-refractivity contribution >= 4 is 22.7 Å². The monoisotopic (exact) mass is 299 g/mol. The Morgan fingerprint density at radius 2 is 1.95 bits per heavy atom. The SMILES string of the molecule is CCN(CC(=O)NC(C)C)C(=O)c1ccnc2ccccc12. The van der Waals surface area contributed by atoms with E-state index in [1.807, 2.05) is 45.0 Å². The first-order chi connectivity index (χ1) is 10.5. The number of likely N-dealkylation sites (N-methyl/N-ethyl adjacent to an activating group) is 1. The highest BCUT2D eigenvalue weighted by molar-refractivity contribution is 6.06. The number of aromatic nitrogens is 1. The summed E-state index contributed by atoms with van der Waals surface area (Å²) >= 11 is 0. The summed E-state index contributed by atoms with van der Waals surface area (Å²) in [7, 11) is 0. The molecule has 0 unspecified atom stereocenters. The number of benzene rings is 1. The van der Waals surface area contributed by atoms with Crippen LogP contribution in [0.4, 0.5) is 0 Å². The van der Waals surface area contributed by atoms with Gasteiger partial charge in [0.25, 0.3) is 5.91 Å². The molecule has 2 amide bonds. The van der Waals surface area contributed by atoms with Crippen LogP contribution in [0.25, 0.3) is 10.9 Å². The van der Waals surface area contributed by atoms with Crippen LogP contribution < -0.4 is 5.32 Å². The van der Waals surface area contributed by atoms with Crippen molar-refractivity contribution in [3.05, 3.63) is 42.1 Å². The van der Waals surface area contributed by atoms with Gasteiger partial charge in [0.15, 0.2) is 0 Å². The van der Waals surface area contributed by atoms with Gasteiger partial charge in [-0.15, -0.1) is 0 Å². The minimum absolute atomic E-state index is 0.0584. The minimum atomic E-state index is -0.153. The molecule has 1 aromatic carbocycles. The molecule has 0 atom stereocenters. The van der Waals surface area contributed by atoms with Gasteiger partial charge in [-0.05, 0) is 32.9 Å². The van der Waals surface area contributed by atoms with Gasteiger partial charge in [0, 0.05) is 24.2 Å². The van der Waals surface area contributed by atoms with Gasteiger partial charge in [-0.1, -0.05) is 18.2 Å². The molecule has 0 aliphatic heterocycles. The number of amides is 2. The average molecular weight is 299 g/mol. The quantitative estimate of drug-likeness (QED) is 0.921. The molecule has 0 radical (unpaired) electrons. The van der Waals surface area contributed by atoms with E-state index in [2.05, 4.69) is 10.3 Å². The van der Waals surface area contributed by atoms with Gasteiger partial charge in [-0.25, -0.2) is 0 Å². The van der Waals surface area contributed by atoms with E-state index in [1.54, 1.807) is 17.2 Å². The van der Waals surface area contributed by atoms with Crippen molar-refractivity contribution in [2.45, 2.75) is 26.8 Å². The van der Waals surface area contributed by atoms with E-state index in [0.29, 0.717) is 12.1 Å². The van der Waals surface area contributed by atoms with Crippen LogP contribution in [0.2, 0.25) is 0 Å². The Morgan fingerprint density at radius 1 is 1.23 bits per heavy atom. The van der Waals surface area contributed by atoms with E-state index >= 15 is 0 Å². The standard InChI is InChI=1S/C17H21N3O2/c1-4-20(11-16(21)19-12(2)3)17(22)14-9-10-18-15-8-6-5-7-13(14)15/h5-10,12H,4,11H2,1-3H3,(H,19,21). The lowest BCUT2D eigenvalue weighted by atomic mass is 10.1. The average Bonchev–Trinajstić information content (AvgIpc) is 2.50. The van der Waals surface area contributed by atoms with Crippen molar-refractivity contribution in [2.24, 2.45) is 0 Å². The molecule has 1 aromatic heterocycles. The Balaban J connectivity index is 2.25. The number of hydrogen-bond acceptors (Lipinski definition) is 3. The summed E-state index contributed by atoms with van der Waals surface area (Å²) in [6.07, 6.45) is 1.62. The van der Waals surface area contributed by atoms with Crippen LogP contribution in [-0.4, -0.2) is 40.8 Å². The van der Waals surface area contributed by atoms with Gasteiger partial charge in [-0.3, -0.25) is 14.6 Å². The first-order valence-corrected chi connectivity index (χ1v) is 7.45. The molecule has 0 spiro atoms. The van der Waals surface area contributed by atoms with Crippen molar-refractivity contribution in [1.29, 1.82) is 0 Å². The van der Waals surface area contributed by atoms with E-state index < -0.39 is 0 Å². The smallest absolute Gasteiger partial charge is 0.255 e. The molecule has 1 heterocycles. The molecule has 116 valence electrons. The molecule has 2 rings (SSSR count). The van der Waals surface area contributed by atoms with E-state index in [0.717, 1.165) is 10.9 Å². The number of carbonyl (C=O) groups is 2. The van der Waals surface area contributed by atoms with Crippen LogP contribution in [0.15, 0.2) is 36.5 Å². The topological polar surface area (TPSA) is 62.3 Å². The molecule has 5 nitrogen and oxygen atoms in total. The van der Waals surface area contributed by atoms with E-state index in [-0.39, 0.29) is 24.4 Å². The number of nitrogens with zero attached hydrogens (tertiary/aromatic N) is 2. The first-order valence-electron chi connectivity index (χ1n) is 7.45. The zero-order valence-corrected chi connectivity index (χ0v) is 13.2. The summed E-state index contributed by atoms with van der Waals surface area (Å²) in [5.41, 5.74) is 1.35. The summed E-state index contributed by atoms with van der Waals surface area (Å²) < 4.78 is 0. The third kappa shape index (κ3) is 3.61. The lowest BCUT2D eigenvalue weighted by Crippen LogP contribution is -2.42. The molecule has 2 aromatic rings. The summed E-state index contributed by atoms with van der Waals surface area (Å²) in [6.45, 7) is 6.19. The highest BCUT2D eigenvalue weighted by Gasteiger charge is 2.19. The van der Waals surface area contributed by atoms with Crippen molar-refractivity contribution < 1.29 is 9.59 Å². The third-order valence-electron chi connectivity index (χ3n) is 3.33. The van der Waals surface area contributed by atoms with E-state index in [1.165, 1.54) is 0 Å². The van der Waals surface area contributed by atoms with Crippen LogP contribution in [0.5, 0.6) is 0 Å². The van der Waals surface area contributed by atoms with Crippen LogP contribution >= 0.6 is 0 Å². The zero-order valence-electron chi connectivity index (χ0n) is 13.2. The van der Waals surface area contributed by atoms with Crippen molar-refractivity contribution in [3.8, 4) is 0 Å². The van der Waals surface area contributed by atoms with Crippen LogP contribution in [0.1, 0.15) is 31.1 Å². The summed E-state index contributed by atoms with van der Waals surface area (Å²) in [5.74, 6) is -0.302. The summed E-state index contributed by atoms with van der Waals surface area (Å²) in [4.78, 5) is 30.4. The molecule has 0 aliphatic carbocycles. The number of nitrogens with one attached hydrogen (secondary N) is 1. The van der Waals surface area contributed by atoms with E-state index in [4.69, 9.17) is 0 Å². The van der Waals surface area contributed by atoms with Crippen molar-refractivity contribution in [2.75, 3.05) is 13.1 Å².